The maximum absolute atomic E-state index is 14.6. The second-order valence-corrected chi connectivity index (χ2v) is 9.36. The van der Waals surface area contributed by atoms with Crippen molar-refractivity contribution in [3.05, 3.63) is 107 Å². The normalized spacial score (nSPS) is 12.1. The van der Waals surface area contributed by atoms with E-state index in [-0.39, 0.29) is 31.2 Å². The molecule has 0 saturated heterocycles. The molecule has 34 heavy (non-hydrogen) atoms. The molecule has 0 aliphatic rings. The van der Waals surface area contributed by atoms with Gasteiger partial charge in [0, 0.05) is 24.1 Å². The van der Waals surface area contributed by atoms with Gasteiger partial charge in [-0.25, -0.2) is 8.78 Å². The highest BCUT2D eigenvalue weighted by Crippen LogP contribution is 2.19. The van der Waals surface area contributed by atoms with Gasteiger partial charge in [-0.3, -0.25) is 9.59 Å². The van der Waals surface area contributed by atoms with E-state index in [9.17, 15) is 18.4 Å². The molecule has 0 saturated carbocycles. The quantitative estimate of drug-likeness (QED) is 0.507. The van der Waals surface area contributed by atoms with E-state index >= 15 is 0 Å². The Morgan fingerprint density at radius 3 is 2.09 bits per heavy atom. The summed E-state index contributed by atoms with van der Waals surface area (Å²) in [6, 6.07) is 20.4. The zero-order valence-electron chi connectivity index (χ0n) is 19.7. The van der Waals surface area contributed by atoms with Crippen LogP contribution in [0.5, 0.6) is 0 Å². The summed E-state index contributed by atoms with van der Waals surface area (Å²) in [5, 5.41) is 2.97. The molecule has 0 fully saturated rings. The second kappa shape index (κ2) is 11.1. The standard InChI is InChI=1S/C28H30F2N2O2/c1-28(2,3)31-27(34)25(17-20-9-5-4-6-10-20)32(19-22-11-7-8-12-24(22)30)26(33)18-21-13-15-23(29)16-14-21/h4-16,25H,17-19H2,1-3H3,(H,31,34). The van der Waals surface area contributed by atoms with E-state index in [2.05, 4.69) is 5.32 Å². The van der Waals surface area contributed by atoms with Gasteiger partial charge in [-0.1, -0.05) is 60.7 Å². The number of benzene rings is 3. The number of nitrogens with zero attached hydrogens (tertiary/aromatic N) is 1. The van der Waals surface area contributed by atoms with E-state index in [0.29, 0.717) is 11.1 Å². The summed E-state index contributed by atoms with van der Waals surface area (Å²) in [6.07, 6.45) is 0.231. The highest BCUT2D eigenvalue weighted by atomic mass is 19.1. The lowest BCUT2D eigenvalue weighted by Crippen LogP contribution is -2.54. The van der Waals surface area contributed by atoms with E-state index in [1.807, 2.05) is 51.1 Å². The van der Waals surface area contributed by atoms with Crippen molar-refractivity contribution in [2.45, 2.75) is 51.7 Å². The molecular weight excluding hydrogens is 434 g/mol. The summed E-state index contributed by atoms with van der Waals surface area (Å²) in [7, 11) is 0. The minimum atomic E-state index is -0.867. The van der Waals surface area contributed by atoms with Gasteiger partial charge in [0.25, 0.3) is 0 Å². The molecule has 6 heteroatoms. The topological polar surface area (TPSA) is 49.4 Å². The van der Waals surface area contributed by atoms with Gasteiger partial charge >= 0.3 is 0 Å². The predicted molar refractivity (Wildman–Crippen MR) is 129 cm³/mol. The predicted octanol–water partition coefficient (Wildman–Crippen LogP) is 5.06. The van der Waals surface area contributed by atoms with Crippen LogP contribution in [0.4, 0.5) is 8.78 Å². The Kier molecular flexibility index (Phi) is 8.16. The van der Waals surface area contributed by atoms with Gasteiger partial charge in [-0.05, 0) is 50.1 Å². The number of nitrogens with one attached hydrogen (secondary N) is 1. The zero-order chi connectivity index (χ0) is 24.7. The van der Waals surface area contributed by atoms with Crippen molar-refractivity contribution in [3.8, 4) is 0 Å². The lowest BCUT2D eigenvalue weighted by Gasteiger charge is -2.34. The number of halogens is 2. The lowest BCUT2D eigenvalue weighted by atomic mass is 9.99. The number of rotatable bonds is 8. The Labute approximate surface area is 199 Å². The third-order valence-corrected chi connectivity index (χ3v) is 5.34. The number of carbonyl (C=O) groups is 2. The third-order valence-electron chi connectivity index (χ3n) is 5.34. The van der Waals surface area contributed by atoms with Gasteiger partial charge in [-0.2, -0.15) is 0 Å². The Morgan fingerprint density at radius 2 is 1.47 bits per heavy atom. The van der Waals surface area contributed by atoms with E-state index < -0.39 is 23.2 Å². The van der Waals surface area contributed by atoms with Crippen LogP contribution in [0.15, 0.2) is 78.9 Å². The first-order valence-corrected chi connectivity index (χ1v) is 11.3. The van der Waals surface area contributed by atoms with E-state index in [4.69, 9.17) is 0 Å². The summed E-state index contributed by atoms with van der Waals surface area (Å²) in [4.78, 5) is 28.4. The van der Waals surface area contributed by atoms with Crippen molar-refractivity contribution in [2.75, 3.05) is 0 Å². The monoisotopic (exact) mass is 464 g/mol. The first-order chi connectivity index (χ1) is 16.1. The van der Waals surface area contributed by atoms with Crippen molar-refractivity contribution < 1.29 is 18.4 Å². The van der Waals surface area contributed by atoms with Crippen LogP contribution >= 0.6 is 0 Å². The molecule has 1 unspecified atom stereocenters. The van der Waals surface area contributed by atoms with E-state index in [1.165, 1.54) is 35.2 Å². The number of hydrogen-bond donors (Lipinski definition) is 1. The number of amides is 2. The average molecular weight is 465 g/mol. The average Bonchev–Trinajstić information content (AvgIpc) is 2.78. The zero-order valence-corrected chi connectivity index (χ0v) is 19.7. The minimum Gasteiger partial charge on any atom is -0.350 e. The van der Waals surface area contributed by atoms with Crippen LogP contribution < -0.4 is 5.32 Å². The molecule has 0 aromatic heterocycles. The molecule has 0 aliphatic carbocycles. The molecule has 3 rings (SSSR count). The molecule has 0 aliphatic heterocycles. The summed E-state index contributed by atoms with van der Waals surface area (Å²) < 4.78 is 27.9. The highest BCUT2D eigenvalue weighted by molar-refractivity contribution is 5.89. The second-order valence-electron chi connectivity index (χ2n) is 9.36. The molecule has 4 nitrogen and oxygen atoms in total. The Morgan fingerprint density at radius 1 is 0.853 bits per heavy atom. The molecule has 2 amide bonds. The van der Waals surface area contributed by atoms with Gasteiger partial charge in [0.1, 0.15) is 17.7 Å². The van der Waals surface area contributed by atoms with Gasteiger partial charge in [0.15, 0.2) is 0 Å². The van der Waals surface area contributed by atoms with Crippen LogP contribution in [0.25, 0.3) is 0 Å². The lowest BCUT2D eigenvalue weighted by molar-refractivity contribution is -0.141. The summed E-state index contributed by atoms with van der Waals surface area (Å²) in [5.74, 6) is -1.51. The SMILES string of the molecule is CC(C)(C)NC(=O)C(Cc1ccccc1)N(Cc1ccccc1F)C(=O)Cc1ccc(F)cc1. The first-order valence-electron chi connectivity index (χ1n) is 11.3. The first kappa shape index (κ1) is 25.1. The largest absolute Gasteiger partial charge is 0.350 e. The van der Waals surface area contributed by atoms with Crippen molar-refractivity contribution >= 4 is 11.8 Å². The smallest absolute Gasteiger partial charge is 0.243 e. The van der Waals surface area contributed by atoms with Crippen LogP contribution in [0.1, 0.15) is 37.5 Å². The van der Waals surface area contributed by atoms with Crippen LogP contribution in [-0.2, 0) is 29.0 Å². The van der Waals surface area contributed by atoms with Crippen LogP contribution in [0.2, 0.25) is 0 Å². The maximum Gasteiger partial charge on any atom is 0.243 e. The van der Waals surface area contributed by atoms with Crippen molar-refractivity contribution in [1.82, 2.24) is 10.2 Å². The summed E-state index contributed by atoms with van der Waals surface area (Å²) in [5.41, 5.74) is 1.29. The number of hydrogen-bond acceptors (Lipinski definition) is 2. The molecule has 1 N–H and O–H groups in total. The van der Waals surface area contributed by atoms with E-state index in [0.717, 1.165) is 5.56 Å². The fourth-order valence-corrected chi connectivity index (χ4v) is 3.70. The molecule has 1 atom stereocenters. The Hall–Kier alpha value is -3.54. The fourth-order valence-electron chi connectivity index (χ4n) is 3.70. The van der Waals surface area contributed by atoms with Gasteiger partial charge in [0.05, 0.1) is 6.42 Å². The van der Waals surface area contributed by atoms with Crippen molar-refractivity contribution in [1.29, 1.82) is 0 Å². The summed E-state index contributed by atoms with van der Waals surface area (Å²) in [6.45, 7) is 5.53. The fraction of sp³-hybridized carbons (Fsp3) is 0.286. The van der Waals surface area contributed by atoms with Crippen LogP contribution in [-0.4, -0.2) is 28.3 Å². The molecule has 3 aromatic rings. The van der Waals surface area contributed by atoms with Crippen molar-refractivity contribution in [3.63, 3.8) is 0 Å². The van der Waals surface area contributed by atoms with Crippen molar-refractivity contribution in [2.24, 2.45) is 0 Å². The third kappa shape index (κ3) is 7.24. The van der Waals surface area contributed by atoms with E-state index in [1.54, 1.807) is 18.2 Å². The van der Waals surface area contributed by atoms with Gasteiger partial charge in [-0.15, -0.1) is 0 Å². The molecule has 3 aromatic carbocycles. The summed E-state index contributed by atoms with van der Waals surface area (Å²) >= 11 is 0. The van der Waals surface area contributed by atoms with Crippen LogP contribution in [0.3, 0.4) is 0 Å². The van der Waals surface area contributed by atoms with Gasteiger partial charge in [0.2, 0.25) is 11.8 Å². The highest BCUT2D eigenvalue weighted by Gasteiger charge is 2.32. The molecule has 0 bridgehead atoms. The molecule has 178 valence electrons. The molecular formula is C28H30F2N2O2. The number of carbonyl (C=O) groups excluding carboxylic acids is 2. The maximum atomic E-state index is 14.6. The van der Waals surface area contributed by atoms with Crippen LogP contribution in [0, 0.1) is 11.6 Å². The molecule has 0 heterocycles. The molecule has 0 radical (unpaired) electrons. The minimum absolute atomic E-state index is 0.0389. The Balaban J connectivity index is 1.99. The van der Waals surface area contributed by atoms with Gasteiger partial charge < -0.3 is 10.2 Å². The molecule has 0 spiro atoms. The Bertz CT molecular complexity index is 1110.